The summed E-state index contributed by atoms with van der Waals surface area (Å²) in [5.41, 5.74) is -0.468. The van der Waals surface area contributed by atoms with Crippen LogP contribution in [0.1, 0.15) is 18.4 Å². The third-order valence-electron chi connectivity index (χ3n) is 3.64. The molecule has 3 N–H and O–H groups in total. The lowest BCUT2D eigenvalue weighted by Gasteiger charge is -2.21. The fraction of sp³-hybridized carbons (Fsp3) is 0.235. The van der Waals surface area contributed by atoms with E-state index in [0.29, 0.717) is 18.1 Å². The van der Waals surface area contributed by atoms with Gasteiger partial charge in [-0.25, -0.2) is 9.48 Å². The minimum absolute atomic E-state index is 0.000719. The third-order valence-corrected chi connectivity index (χ3v) is 3.64. The molecule has 3 heterocycles. The number of aliphatic hydroxyl groups is 1. The molecule has 130 valence electrons. The summed E-state index contributed by atoms with van der Waals surface area (Å²) in [4.78, 5) is 16.3. The van der Waals surface area contributed by atoms with E-state index in [1.807, 2.05) is 18.2 Å². The average molecular weight is 341 g/mol. The Morgan fingerprint density at radius 2 is 2.16 bits per heavy atom. The first-order valence-corrected chi connectivity index (χ1v) is 7.77. The van der Waals surface area contributed by atoms with E-state index < -0.39 is 11.6 Å². The molecule has 0 spiro atoms. The smallest absolute Gasteiger partial charge is 0.320 e. The van der Waals surface area contributed by atoms with E-state index in [-0.39, 0.29) is 6.54 Å². The van der Waals surface area contributed by atoms with E-state index in [9.17, 15) is 9.90 Å². The van der Waals surface area contributed by atoms with Crippen molar-refractivity contribution < 1.29 is 14.3 Å². The van der Waals surface area contributed by atoms with Gasteiger partial charge >= 0.3 is 6.03 Å². The van der Waals surface area contributed by atoms with Crippen molar-refractivity contribution in [3.63, 3.8) is 0 Å². The molecule has 8 nitrogen and oxygen atoms in total. The molecule has 3 aromatic rings. The van der Waals surface area contributed by atoms with Gasteiger partial charge in [0.2, 0.25) is 0 Å². The number of furan rings is 1. The molecule has 0 aliphatic carbocycles. The molecule has 2 amide bonds. The van der Waals surface area contributed by atoms with E-state index in [2.05, 4.69) is 20.7 Å². The Morgan fingerprint density at radius 3 is 2.88 bits per heavy atom. The lowest BCUT2D eigenvalue weighted by Crippen LogP contribution is -2.40. The molecule has 0 radical (unpaired) electrons. The van der Waals surface area contributed by atoms with Crippen molar-refractivity contribution in [2.75, 3.05) is 11.9 Å². The molecular formula is C17H19N5O3. The van der Waals surface area contributed by atoms with E-state index >= 15 is 0 Å². The van der Waals surface area contributed by atoms with Crippen LogP contribution in [0.15, 0.2) is 59.5 Å². The van der Waals surface area contributed by atoms with Gasteiger partial charge < -0.3 is 14.8 Å². The molecule has 8 heteroatoms. The molecule has 3 aromatic heterocycles. The summed E-state index contributed by atoms with van der Waals surface area (Å²) in [6.07, 6.45) is 4.77. The molecule has 0 unspecified atom stereocenters. The molecule has 0 saturated carbocycles. The van der Waals surface area contributed by atoms with Crippen LogP contribution in [0.25, 0.3) is 0 Å². The van der Waals surface area contributed by atoms with Gasteiger partial charge in [-0.2, -0.15) is 5.10 Å². The molecule has 0 saturated heterocycles. The summed E-state index contributed by atoms with van der Waals surface area (Å²) in [6.45, 7) is 2.01. The van der Waals surface area contributed by atoms with E-state index in [1.54, 1.807) is 42.2 Å². The van der Waals surface area contributed by atoms with Gasteiger partial charge in [-0.15, -0.1) is 0 Å². The largest absolute Gasteiger partial charge is 0.466 e. The van der Waals surface area contributed by atoms with Crippen LogP contribution in [0.4, 0.5) is 10.6 Å². The van der Waals surface area contributed by atoms with Crippen LogP contribution in [-0.2, 0) is 12.1 Å². The van der Waals surface area contributed by atoms with Gasteiger partial charge in [0.05, 0.1) is 31.2 Å². The maximum atomic E-state index is 12.1. The first-order valence-electron chi connectivity index (χ1n) is 7.77. The predicted molar refractivity (Wildman–Crippen MR) is 90.9 cm³/mol. The van der Waals surface area contributed by atoms with Crippen LogP contribution >= 0.6 is 0 Å². The van der Waals surface area contributed by atoms with Crippen molar-refractivity contribution in [2.24, 2.45) is 0 Å². The minimum Gasteiger partial charge on any atom is -0.466 e. The number of nitrogens with one attached hydrogen (secondary N) is 2. The van der Waals surface area contributed by atoms with Gasteiger partial charge in [0.15, 0.2) is 0 Å². The third kappa shape index (κ3) is 4.24. The normalized spacial score (nSPS) is 13.2. The molecule has 0 aromatic carbocycles. The fourth-order valence-corrected chi connectivity index (χ4v) is 2.29. The molecule has 0 aliphatic heterocycles. The van der Waals surface area contributed by atoms with Gasteiger partial charge in [0, 0.05) is 12.3 Å². The SMILES string of the molecule is C[C@@](O)(CNC(=O)Nc1ccnn1Cc1ccccn1)c1ccco1. The summed E-state index contributed by atoms with van der Waals surface area (Å²) in [6, 6.07) is 10.2. The van der Waals surface area contributed by atoms with Crippen LogP contribution in [0.5, 0.6) is 0 Å². The van der Waals surface area contributed by atoms with Crippen molar-refractivity contribution in [1.29, 1.82) is 0 Å². The van der Waals surface area contributed by atoms with Gasteiger partial charge in [0.25, 0.3) is 0 Å². The second-order valence-electron chi connectivity index (χ2n) is 5.75. The molecule has 3 rings (SSSR count). The summed E-state index contributed by atoms with van der Waals surface area (Å²) >= 11 is 0. The Kier molecular flexibility index (Phi) is 4.80. The number of anilines is 1. The Hall–Kier alpha value is -3.13. The molecule has 0 bridgehead atoms. The minimum atomic E-state index is -1.30. The van der Waals surface area contributed by atoms with Crippen molar-refractivity contribution >= 4 is 11.8 Å². The number of carbonyl (C=O) groups excluding carboxylic acids is 1. The molecular weight excluding hydrogens is 322 g/mol. The van der Waals surface area contributed by atoms with Crippen molar-refractivity contribution in [2.45, 2.75) is 19.1 Å². The highest BCUT2D eigenvalue weighted by Crippen LogP contribution is 2.19. The second kappa shape index (κ2) is 7.18. The Bertz CT molecular complexity index is 812. The maximum Gasteiger partial charge on any atom is 0.320 e. The van der Waals surface area contributed by atoms with Gasteiger partial charge in [-0.1, -0.05) is 6.07 Å². The number of hydrogen-bond donors (Lipinski definition) is 3. The summed E-state index contributed by atoms with van der Waals surface area (Å²) in [5, 5.41) is 19.9. The zero-order chi connectivity index (χ0) is 17.7. The Morgan fingerprint density at radius 1 is 1.28 bits per heavy atom. The second-order valence-corrected chi connectivity index (χ2v) is 5.75. The number of carbonyl (C=O) groups is 1. The number of aromatic nitrogens is 3. The zero-order valence-electron chi connectivity index (χ0n) is 13.7. The van der Waals surface area contributed by atoms with Gasteiger partial charge in [0.1, 0.15) is 17.2 Å². The van der Waals surface area contributed by atoms with Crippen LogP contribution < -0.4 is 10.6 Å². The number of hydrogen-bond acceptors (Lipinski definition) is 5. The number of pyridine rings is 1. The number of urea groups is 1. The first-order chi connectivity index (χ1) is 12.0. The average Bonchev–Trinajstić information content (AvgIpc) is 3.27. The van der Waals surface area contributed by atoms with Crippen LogP contribution in [0.3, 0.4) is 0 Å². The number of amides is 2. The topological polar surface area (TPSA) is 105 Å². The van der Waals surface area contributed by atoms with E-state index in [0.717, 1.165) is 5.69 Å². The fourth-order valence-electron chi connectivity index (χ4n) is 2.29. The van der Waals surface area contributed by atoms with Crippen molar-refractivity contribution in [3.8, 4) is 0 Å². The van der Waals surface area contributed by atoms with Crippen molar-refractivity contribution in [1.82, 2.24) is 20.1 Å². The highest BCUT2D eigenvalue weighted by molar-refractivity contribution is 5.88. The highest BCUT2D eigenvalue weighted by Gasteiger charge is 2.26. The molecule has 0 fully saturated rings. The van der Waals surface area contributed by atoms with Crippen LogP contribution in [0, 0.1) is 0 Å². The lowest BCUT2D eigenvalue weighted by atomic mass is 10.0. The van der Waals surface area contributed by atoms with Crippen molar-refractivity contribution in [3.05, 3.63) is 66.5 Å². The lowest BCUT2D eigenvalue weighted by molar-refractivity contribution is 0.0372. The Labute approximate surface area is 144 Å². The molecule has 1 atom stereocenters. The van der Waals surface area contributed by atoms with Gasteiger partial charge in [-0.3, -0.25) is 10.3 Å². The maximum absolute atomic E-state index is 12.1. The van der Waals surface area contributed by atoms with Crippen LogP contribution in [0.2, 0.25) is 0 Å². The molecule has 25 heavy (non-hydrogen) atoms. The summed E-state index contributed by atoms with van der Waals surface area (Å²) in [5.74, 6) is 0.911. The zero-order valence-corrected chi connectivity index (χ0v) is 13.7. The Balaban J connectivity index is 1.58. The van der Waals surface area contributed by atoms with Gasteiger partial charge in [-0.05, 0) is 31.2 Å². The molecule has 0 aliphatic rings. The number of nitrogens with zero attached hydrogens (tertiary/aromatic N) is 3. The standard InChI is InChI=1S/C17H19N5O3/c1-17(24,14-6-4-10-25-14)12-19-16(23)21-15-7-9-20-22(15)11-13-5-2-3-8-18-13/h2-10,24H,11-12H2,1H3,(H2,19,21,23)/t17-/m1/s1. The van der Waals surface area contributed by atoms with E-state index in [4.69, 9.17) is 4.42 Å². The highest BCUT2D eigenvalue weighted by atomic mass is 16.4. The first kappa shape index (κ1) is 16.7. The summed E-state index contributed by atoms with van der Waals surface area (Å²) in [7, 11) is 0. The number of rotatable bonds is 6. The monoisotopic (exact) mass is 341 g/mol. The summed E-state index contributed by atoms with van der Waals surface area (Å²) < 4.78 is 6.81. The van der Waals surface area contributed by atoms with E-state index in [1.165, 1.54) is 6.26 Å². The van der Waals surface area contributed by atoms with Crippen LogP contribution in [-0.4, -0.2) is 32.4 Å². The quantitative estimate of drug-likeness (QED) is 0.635. The predicted octanol–water partition coefficient (Wildman–Crippen LogP) is 1.95.